The van der Waals surface area contributed by atoms with Gasteiger partial charge in [0.25, 0.3) is 0 Å². The van der Waals surface area contributed by atoms with E-state index >= 15 is 0 Å². The Morgan fingerprint density at radius 1 is 1.24 bits per heavy atom. The fraction of sp³-hybridized carbons (Fsp3) is 0.250. The Morgan fingerprint density at radius 3 is 2.24 bits per heavy atom. The second-order valence-electron chi connectivity index (χ2n) is 3.21. The normalized spacial score (nSPS) is 12.6. The van der Waals surface area contributed by atoms with Gasteiger partial charge in [-0.1, -0.05) is 0 Å². The number of benzene rings is 1. The molecule has 96 valence electrons. The van der Waals surface area contributed by atoms with Crippen molar-refractivity contribution >= 4 is 23.3 Å². The van der Waals surface area contributed by atoms with Crippen molar-refractivity contribution in [2.24, 2.45) is 0 Å². The van der Waals surface area contributed by atoms with Crippen LogP contribution in [0.3, 0.4) is 0 Å². The summed E-state index contributed by atoms with van der Waals surface area (Å²) in [7, 11) is -8.26. The molecule has 0 aliphatic heterocycles. The van der Waals surface area contributed by atoms with Crippen molar-refractivity contribution in [1.29, 1.82) is 0 Å². The number of sulfone groups is 1. The van der Waals surface area contributed by atoms with Crippen molar-refractivity contribution < 1.29 is 27.3 Å². The molecule has 4 N–H and O–H groups in total. The summed E-state index contributed by atoms with van der Waals surface area (Å²) in [5, 5.41) is 0. The molecule has 0 spiro atoms. The summed E-state index contributed by atoms with van der Waals surface area (Å²) in [6.45, 7) is -0.572. The number of hydrogen-bond acceptors (Lipinski definition) is 5. The predicted octanol–water partition coefficient (Wildman–Crippen LogP) is 0.152. The van der Waals surface area contributed by atoms with Gasteiger partial charge < -0.3 is 15.5 Å². The molecule has 1 aromatic carbocycles. The quantitative estimate of drug-likeness (QED) is 0.518. The maximum absolute atomic E-state index is 11.7. The second-order valence-corrected chi connectivity index (χ2v) is 6.56. The van der Waals surface area contributed by atoms with E-state index in [0.29, 0.717) is 5.69 Å². The Kier molecular flexibility index (Phi) is 4.29. The lowest BCUT2D eigenvalue weighted by molar-refractivity contribution is 0.207. The highest BCUT2D eigenvalue weighted by molar-refractivity contribution is 7.91. The van der Waals surface area contributed by atoms with E-state index < -0.39 is 30.0 Å². The average molecular weight is 281 g/mol. The molecule has 0 bridgehead atoms. The van der Waals surface area contributed by atoms with E-state index in [1.54, 1.807) is 0 Å². The molecule has 0 unspecified atom stereocenters. The zero-order chi connectivity index (χ0) is 13.1. The van der Waals surface area contributed by atoms with E-state index in [2.05, 4.69) is 4.52 Å². The van der Waals surface area contributed by atoms with E-state index in [9.17, 15) is 13.0 Å². The van der Waals surface area contributed by atoms with E-state index in [1.165, 1.54) is 24.3 Å². The van der Waals surface area contributed by atoms with Crippen molar-refractivity contribution in [3.05, 3.63) is 24.3 Å². The molecule has 9 heteroatoms. The zero-order valence-electron chi connectivity index (χ0n) is 8.68. The lowest BCUT2D eigenvalue weighted by atomic mass is 10.3. The maximum atomic E-state index is 11.7. The molecular weight excluding hydrogens is 269 g/mol. The highest BCUT2D eigenvalue weighted by Crippen LogP contribution is 2.35. The summed E-state index contributed by atoms with van der Waals surface area (Å²) in [5.74, 6) is -0.512. The standard InChI is InChI=1S/C8H12NO6PS/c9-7-1-3-8(4-2-7)17(13,14)6-5-15-16(10,11)12/h1-4H,5-6,9H2,(H2,10,11,12). The molecule has 0 aliphatic carbocycles. The molecule has 1 rings (SSSR count). The van der Waals surface area contributed by atoms with Gasteiger partial charge in [0.15, 0.2) is 9.84 Å². The van der Waals surface area contributed by atoms with E-state index in [1.807, 2.05) is 0 Å². The van der Waals surface area contributed by atoms with Gasteiger partial charge in [0.05, 0.1) is 17.3 Å². The number of phosphoric acid groups is 1. The zero-order valence-corrected chi connectivity index (χ0v) is 10.4. The first kappa shape index (κ1) is 14.1. The molecule has 0 fully saturated rings. The summed E-state index contributed by atoms with van der Waals surface area (Å²) in [6, 6.07) is 5.50. The topological polar surface area (TPSA) is 127 Å². The first-order valence-electron chi connectivity index (χ1n) is 4.49. The monoisotopic (exact) mass is 281 g/mol. The molecule has 7 nitrogen and oxygen atoms in total. The number of rotatable bonds is 5. The Bertz CT molecular complexity index is 519. The van der Waals surface area contributed by atoms with Crippen LogP contribution in [0.1, 0.15) is 0 Å². The van der Waals surface area contributed by atoms with Crippen LogP contribution in [0, 0.1) is 0 Å². The minimum atomic E-state index is -4.64. The second kappa shape index (κ2) is 5.16. The van der Waals surface area contributed by atoms with Crippen molar-refractivity contribution in [3.63, 3.8) is 0 Å². The van der Waals surface area contributed by atoms with Gasteiger partial charge in [0, 0.05) is 5.69 Å². The predicted molar refractivity (Wildman–Crippen MR) is 60.9 cm³/mol. The first-order chi connectivity index (χ1) is 7.71. The van der Waals surface area contributed by atoms with Crippen molar-refractivity contribution in [1.82, 2.24) is 0 Å². The third-order valence-electron chi connectivity index (χ3n) is 1.85. The van der Waals surface area contributed by atoms with Crippen LogP contribution in [0.2, 0.25) is 0 Å². The minimum absolute atomic E-state index is 0.0287. The number of anilines is 1. The Morgan fingerprint density at radius 2 is 1.76 bits per heavy atom. The molecule has 17 heavy (non-hydrogen) atoms. The fourth-order valence-corrected chi connectivity index (χ4v) is 2.60. The molecule has 0 aliphatic rings. The molecule has 1 aromatic rings. The van der Waals surface area contributed by atoms with Gasteiger partial charge in [-0.3, -0.25) is 4.52 Å². The number of hydrogen-bond donors (Lipinski definition) is 3. The average Bonchev–Trinajstić information content (AvgIpc) is 2.15. The molecule has 0 radical (unpaired) electrons. The highest BCUT2D eigenvalue weighted by atomic mass is 32.2. The summed E-state index contributed by atoms with van der Waals surface area (Å²) in [5.41, 5.74) is 5.83. The van der Waals surface area contributed by atoms with E-state index in [-0.39, 0.29) is 4.90 Å². The van der Waals surface area contributed by atoms with Gasteiger partial charge in [0.2, 0.25) is 0 Å². The number of nitrogen functional groups attached to an aromatic ring is 1. The smallest absolute Gasteiger partial charge is 0.399 e. The lowest BCUT2D eigenvalue weighted by Crippen LogP contribution is -2.11. The van der Waals surface area contributed by atoms with Crippen molar-refractivity contribution in [2.45, 2.75) is 4.90 Å². The molecular formula is C8H12NO6PS. The summed E-state index contributed by atoms with van der Waals surface area (Å²) < 4.78 is 37.7. The van der Waals surface area contributed by atoms with Crippen LogP contribution in [0.15, 0.2) is 29.2 Å². The molecule has 0 aromatic heterocycles. The van der Waals surface area contributed by atoms with Crippen molar-refractivity contribution in [3.8, 4) is 0 Å². The molecule has 0 atom stereocenters. The number of phosphoric ester groups is 1. The Balaban J connectivity index is 2.70. The van der Waals surface area contributed by atoms with Crippen LogP contribution in [0.25, 0.3) is 0 Å². The molecule has 0 saturated heterocycles. The van der Waals surface area contributed by atoms with Gasteiger partial charge in [-0.25, -0.2) is 13.0 Å². The van der Waals surface area contributed by atoms with Crippen LogP contribution in [-0.2, 0) is 18.9 Å². The minimum Gasteiger partial charge on any atom is -0.399 e. The third kappa shape index (κ3) is 4.84. The third-order valence-corrected chi connectivity index (χ3v) is 4.06. The maximum Gasteiger partial charge on any atom is 0.469 e. The van der Waals surface area contributed by atoms with Crippen LogP contribution in [0.5, 0.6) is 0 Å². The van der Waals surface area contributed by atoms with E-state index in [0.717, 1.165) is 0 Å². The fourth-order valence-electron chi connectivity index (χ4n) is 1.06. The number of nitrogens with two attached hydrogens (primary N) is 1. The summed E-state index contributed by atoms with van der Waals surface area (Å²) >= 11 is 0. The van der Waals surface area contributed by atoms with E-state index in [4.69, 9.17) is 15.5 Å². The SMILES string of the molecule is Nc1ccc(S(=O)(=O)CCOP(=O)(O)O)cc1. The largest absolute Gasteiger partial charge is 0.469 e. The highest BCUT2D eigenvalue weighted by Gasteiger charge is 2.18. The van der Waals surface area contributed by atoms with Crippen LogP contribution < -0.4 is 5.73 Å². The lowest BCUT2D eigenvalue weighted by Gasteiger charge is -2.06. The van der Waals surface area contributed by atoms with Crippen LogP contribution >= 0.6 is 7.82 Å². The van der Waals surface area contributed by atoms with Gasteiger partial charge in [-0.15, -0.1) is 0 Å². The van der Waals surface area contributed by atoms with Crippen molar-refractivity contribution in [2.75, 3.05) is 18.1 Å². The van der Waals surface area contributed by atoms with Crippen LogP contribution in [0.4, 0.5) is 5.69 Å². The summed E-state index contributed by atoms with van der Waals surface area (Å²) in [4.78, 5) is 16.8. The van der Waals surface area contributed by atoms with Gasteiger partial charge in [0.1, 0.15) is 0 Å². The first-order valence-corrected chi connectivity index (χ1v) is 7.67. The molecule has 0 amide bonds. The summed E-state index contributed by atoms with van der Waals surface area (Å²) in [6.07, 6.45) is 0. The van der Waals surface area contributed by atoms with Gasteiger partial charge in [-0.05, 0) is 24.3 Å². The van der Waals surface area contributed by atoms with Gasteiger partial charge >= 0.3 is 7.82 Å². The molecule has 0 saturated carbocycles. The van der Waals surface area contributed by atoms with Crippen LogP contribution in [-0.4, -0.2) is 30.6 Å². The van der Waals surface area contributed by atoms with Gasteiger partial charge in [-0.2, -0.15) is 0 Å². The Labute approximate surface area is 98.4 Å². The molecule has 0 heterocycles. The Hall–Kier alpha value is -0.920.